The van der Waals surface area contributed by atoms with Crippen LogP contribution in [-0.2, 0) is 0 Å². The minimum absolute atomic E-state index is 0.162. The van der Waals surface area contributed by atoms with Gasteiger partial charge in [0, 0.05) is 5.39 Å². The molecule has 0 unspecified atom stereocenters. The molecule has 0 aliphatic carbocycles. The van der Waals surface area contributed by atoms with E-state index in [9.17, 15) is 4.79 Å². The van der Waals surface area contributed by atoms with Crippen molar-refractivity contribution in [2.75, 3.05) is 33.8 Å². The van der Waals surface area contributed by atoms with Crippen molar-refractivity contribution in [2.45, 2.75) is 6.92 Å². The fourth-order valence-corrected chi connectivity index (χ4v) is 3.35. The normalized spacial score (nSPS) is 10.9. The minimum Gasteiger partial charge on any atom is -0.497 e. The topological polar surface area (TPSA) is 120 Å². The Morgan fingerprint density at radius 1 is 0.871 bits per heavy atom. The maximum absolute atomic E-state index is 12.7. The number of aromatic amines is 1. The van der Waals surface area contributed by atoms with Crippen molar-refractivity contribution in [3.8, 4) is 23.0 Å². The van der Waals surface area contributed by atoms with Crippen LogP contribution in [0.25, 0.3) is 21.8 Å². The molecular formula is C21H21N5O5. The van der Waals surface area contributed by atoms with Crippen molar-refractivity contribution in [3.05, 3.63) is 40.3 Å². The number of nitrogens with one attached hydrogen (secondary N) is 2. The molecule has 0 fully saturated rings. The highest BCUT2D eigenvalue weighted by Gasteiger charge is 2.20. The van der Waals surface area contributed by atoms with Gasteiger partial charge in [-0.2, -0.15) is 0 Å². The third kappa shape index (κ3) is 3.52. The van der Waals surface area contributed by atoms with Crippen molar-refractivity contribution in [3.63, 3.8) is 0 Å². The van der Waals surface area contributed by atoms with Gasteiger partial charge in [-0.3, -0.25) is 15.1 Å². The van der Waals surface area contributed by atoms with Crippen LogP contribution >= 0.6 is 0 Å². The first kappa shape index (κ1) is 20.2. The highest BCUT2D eigenvalue weighted by molar-refractivity contribution is 5.90. The predicted molar refractivity (Wildman–Crippen MR) is 116 cm³/mol. The summed E-state index contributed by atoms with van der Waals surface area (Å²) in [5.41, 5.74) is 1.41. The molecule has 0 saturated heterocycles. The van der Waals surface area contributed by atoms with Crippen molar-refractivity contribution in [2.24, 2.45) is 0 Å². The fraction of sp³-hybridized carbons (Fsp3) is 0.238. The molecule has 0 spiro atoms. The Hall–Kier alpha value is -4.08. The van der Waals surface area contributed by atoms with E-state index >= 15 is 0 Å². The molecule has 10 nitrogen and oxygen atoms in total. The lowest BCUT2D eigenvalue weighted by Crippen LogP contribution is -2.13. The molecule has 0 atom stereocenters. The van der Waals surface area contributed by atoms with Gasteiger partial charge in [-0.25, -0.2) is 15.0 Å². The molecule has 2 aromatic carbocycles. The fourth-order valence-electron chi connectivity index (χ4n) is 3.35. The molecule has 10 heteroatoms. The summed E-state index contributed by atoms with van der Waals surface area (Å²) >= 11 is 0. The van der Waals surface area contributed by atoms with Gasteiger partial charge in [0.2, 0.25) is 17.6 Å². The van der Waals surface area contributed by atoms with E-state index in [1.165, 1.54) is 21.3 Å². The van der Waals surface area contributed by atoms with Crippen LogP contribution in [0, 0.1) is 6.92 Å². The van der Waals surface area contributed by atoms with Gasteiger partial charge in [0.1, 0.15) is 11.3 Å². The Labute approximate surface area is 177 Å². The molecule has 4 aromatic rings. The smallest absolute Gasteiger partial charge is 0.260 e. The molecule has 0 radical (unpaired) electrons. The molecule has 0 saturated carbocycles. The molecular weight excluding hydrogens is 402 g/mol. The molecule has 0 amide bonds. The van der Waals surface area contributed by atoms with Crippen LogP contribution in [0.3, 0.4) is 0 Å². The molecule has 4 rings (SSSR count). The molecule has 160 valence electrons. The molecule has 0 aliphatic heterocycles. The molecule has 2 N–H and O–H groups in total. The number of nitrogens with zero attached hydrogens (tertiary/aromatic N) is 3. The molecule has 2 aromatic heterocycles. The minimum atomic E-state index is -0.381. The first-order chi connectivity index (χ1) is 15.0. The van der Waals surface area contributed by atoms with Gasteiger partial charge in [0.15, 0.2) is 11.5 Å². The van der Waals surface area contributed by atoms with Gasteiger partial charge in [0.25, 0.3) is 5.56 Å². The molecule has 0 aliphatic rings. The Kier molecular flexibility index (Phi) is 5.20. The summed E-state index contributed by atoms with van der Waals surface area (Å²) in [7, 11) is 6.04. The lowest BCUT2D eigenvalue weighted by molar-refractivity contribution is 0.327. The zero-order valence-electron chi connectivity index (χ0n) is 17.7. The third-order valence-corrected chi connectivity index (χ3v) is 4.83. The van der Waals surface area contributed by atoms with E-state index in [1.807, 2.05) is 25.1 Å². The SMILES string of the molecule is COc1ccc2nc(Nc3nc4c(OC)c(OC)c(OC)cc4c(=O)[nH]3)nc(C)c2c1. The summed E-state index contributed by atoms with van der Waals surface area (Å²) < 4.78 is 21.4. The number of fused-ring (bicyclic) bond motifs is 2. The zero-order valence-corrected chi connectivity index (χ0v) is 17.7. The summed E-state index contributed by atoms with van der Waals surface area (Å²) in [4.78, 5) is 28.9. The number of methoxy groups -OCH3 is 4. The number of benzene rings is 2. The first-order valence-corrected chi connectivity index (χ1v) is 9.31. The Bertz CT molecular complexity index is 1350. The number of H-pyrrole nitrogens is 1. The number of aryl methyl sites for hydroxylation is 1. The first-order valence-electron chi connectivity index (χ1n) is 9.31. The van der Waals surface area contributed by atoms with Crippen LogP contribution < -0.4 is 29.8 Å². The zero-order chi connectivity index (χ0) is 22.1. The summed E-state index contributed by atoms with van der Waals surface area (Å²) in [6.45, 7) is 1.87. The highest BCUT2D eigenvalue weighted by atomic mass is 16.5. The predicted octanol–water partition coefficient (Wildman–Crippen LogP) is 2.95. The van der Waals surface area contributed by atoms with E-state index in [0.29, 0.717) is 22.4 Å². The van der Waals surface area contributed by atoms with E-state index in [-0.39, 0.29) is 23.2 Å². The van der Waals surface area contributed by atoms with Gasteiger partial charge in [-0.05, 0) is 31.2 Å². The number of hydrogen-bond acceptors (Lipinski definition) is 9. The van der Waals surface area contributed by atoms with Gasteiger partial charge in [-0.1, -0.05) is 0 Å². The van der Waals surface area contributed by atoms with Gasteiger partial charge >= 0.3 is 0 Å². The van der Waals surface area contributed by atoms with E-state index in [1.54, 1.807) is 13.2 Å². The quantitative estimate of drug-likeness (QED) is 0.482. The van der Waals surface area contributed by atoms with Crippen LogP contribution in [0.5, 0.6) is 23.0 Å². The lowest BCUT2D eigenvalue weighted by atomic mass is 10.2. The Morgan fingerprint density at radius 3 is 2.32 bits per heavy atom. The van der Waals surface area contributed by atoms with Crippen LogP contribution in [0.1, 0.15) is 5.69 Å². The van der Waals surface area contributed by atoms with Gasteiger partial charge in [-0.15, -0.1) is 0 Å². The molecule has 0 bridgehead atoms. The second-order valence-electron chi connectivity index (χ2n) is 6.60. The number of hydrogen-bond donors (Lipinski definition) is 2. The highest BCUT2D eigenvalue weighted by Crippen LogP contribution is 2.41. The maximum Gasteiger partial charge on any atom is 0.260 e. The monoisotopic (exact) mass is 423 g/mol. The molecule has 2 heterocycles. The third-order valence-electron chi connectivity index (χ3n) is 4.83. The van der Waals surface area contributed by atoms with Crippen molar-refractivity contribution < 1.29 is 18.9 Å². The van der Waals surface area contributed by atoms with Gasteiger partial charge in [0.05, 0.1) is 45.0 Å². The number of anilines is 2. The van der Waals surface area contributed by atoms with Crippen molar-refractivity contribution in [1.82, 2.24) is 19.9 Å². The summed E-state index contributed by atoms with van der Waals surface area (Å²) in [5, 5.41) is 4.13. The van der Waals surface area contributed by atoms with Crippen LogP contribution in [-0.4, -0.2) is 48.4 Å². The van der Waals surface area contributed by atoms with E-state index in [4.69, 9.17) is 18.9 Å². The Morgan fingerprint density at radius 2 is 1.65 bits per heavy atom. The molecule has 31 heavy (non-hydrogen) atoms. The van der Waals surface area contributed by atoms with E-state index in [2.05, 4.69) is 25.3 Å². The summed E-state index contributed by atoms with van der Waals surface area (Å²) in [6, 6.07) is 7.08. The summed E-state index contributed by atoms with van der Waals surface area (Å²) in [5.74, 6) is 2.16. The second-order valence-corrected chi connectivity index (χ2v) is 6.60. The number of rotatable bonds is 6. The number of ether oxygens (including phenoxy) is 4. The van der Waals surface area contributed by atoms with E-state index < -0.39 is 0 Å². The second kappa shape index (κ2) is 7.98. The average Bonchev–Trinajstić information content (AvgIpc) is 2.77. The standard InChI is InChI=1S/C21H21N5O5/c1-10-12-8-11(28-2)6-7-14(12)23-20(22-10)26-21-24-16-13(19(27)25-21)9-15(29-3)17(30-4)18(16)31-5/h6-9H,1-5H3,(H2,22,23,24,25,26,27). The van der Waals surface area contributed by atoms with Crippen molar-refractivity contribution >= 4 is 33.7 Å². The number of aromatic nitrogens is 4. The van der Waals surface area contributed by atoms with Gasteiger partial charge < -0.3 is 18.9 Å². The van der Waals surface area contributed by atoms with Crippen LogP contribution in [0.15, 0.2) is 29.1 Å². The maximum atomic E-state index is 12.7. The lowest BCUT2D eigenvalue weighted by Gasteiger charge is -2.14. The average molecular weight is 423 g/mol. The van der Waals surface area contributed by atoms with Crippen molar-refractivity contribution in [1.29, 1.82) is 0 Å². The van der Waals surface area contributed by atoms with Crippen LogP contribution in [0.2, 0.25) is 0 Å². The van der Waals surface area contributed by atoms with Crippen LogP contribution in [0.4, 0.5) is 11.9 Å². The van der Waals surface area contributed by atoms with E-state index in [0.717, 1.165) is 22.3 Å². The Balaban J connectivity index is 1.83. The summed E-state index contributed by atoms with van der Waals surface area (Å²) in [6.07, 6.45) is 0. The largest absolute Gasteiger partial charge is 0.497 e.